The Balaban J connectivity index is 1.52. The molecule has 4 rings (SSSR count). The molecule has 0 unspecified atom stereocenters. The van der Waals surface area contributed by atoms with E-state index in [4.69, 9.17) is 0 Å². The third kappa shape index (κ3) is 3.46. The molecule has 1 aromatic carbocycles. The molecule has 2 aromatic heterocycles. The summed E-state index contributed by atoms with van der Waals surface area (Å²) in [5.74, 6) is 0.550. The highest BCUT2D eigenvalue weighted by Crippen LogP contribution is 2.26. The lowest BCUT2D eigenvalue weighted by Crippen LogP contribution is -2.34. The lowest BCUT2D eigenvalue weighted by Gasteiger charge is -2.27. The predicted molar refractivity (Wildman–Crippen MR) is 97.5 cm³/mol. The highest BCUT2D eigenvalue weighted by Gasteiger charge is 2.20. The highest BCUT2D eigenvalue weighted by molar-refractivity contribution is 5.95. The Labute approximate surface area is 151 Å². The van der Waals surface area contributed by atoms with E-state index < -0.39 is 0 Å². The molecule has 1 N–H and O–H groups in total. The number of H-pyrrole nitrogens is 1. The highest BCUT2D eigenvalue weighted by atomic mass is 16.2. The van der Waals surface area contributed by atoms with E-state index in [0.29, 0.717) is 17.9 Å². The van der Waals surface area contributed by atoms with Gasteiger partial charge < -0.3 is 4.90 Å². The number of fused-ring (bicyclic) bond motifs is 1. The van der Waals surface area contributed by atoms with Crippen LogP contribution in [0.1, 0.15) is 30.4 Å². The summed E-state index contributed by atoms with van der Waals surface area (Å²) in [5, 5.41) is 13.8. The second kappa shape index (κ2) is 7.43. The van der Waals surface area contributed by atoms with Gasteiger partial charge in [-0.15, -0.1) is 10.2 Å². The fraction of sp³-hybridized carbons (Fsp3) is 0.316. The number of nitrogens with one attached hydrogen (secondary N) is 1. The third-order valence-corrected chi connectivity index (χ3v) is 4.67. The van der Waals surface area contributed by atoms with Gasteiger partial charge in [0.05, 0.1) is 6.42 Å². The Kier molecular flexibility index (Phi) is 4.68. The Bertz CT molecular complexity index is 875. The lowest BCUT2D eigenvalue weighted by atomic mass is 10.0. The van der Waals surface area contributed by atoms with E-state index in [2.05, 4.69) is 37.7 Å². The van der Waals surface area contributed by atoms with Crippen LogP contribution in [0.2, 0.25) is 0 Å². The topological polar surface area (TPSA) is 87.7 Å². The first-order chi connectivity index (χ1) is 12.8. The van der Waals surface area contributed by atoms with Crippen molar-refractivity contribution in [1.29, 1.82) is 0 Å². The van der Waals surface area contributed by atoms with E-state index in [9.17, 15) is 4.79 Å². The van der Waals surface area contributed by atoms with E-state index in [1.807, 2.05) is 29.2 Å². The zero-order valence-electron chi connectivity index (χ0n) is 14.4. The number of para-hydroxylation sites is 1. The molecule has 1 aliphatic rings. The van der Waals surface area contributed by atoms with Crippen molar-refractivity contribution in [1.82, 2.24) is 25.6 Å². The average molecular weight is 348 g/mol. The van der Waals surface area contributed by atoms with Crippen LogP contribution in [0.25, 0.3) is 11.5 Å². The van der Waals surface area contributed by atoms with Gasteiger partial charge in [0, 0.05) is 18.4 Å². The lowest BCUT2D eigenvalue weighted by molar-refractivity contribution is -0.118. The number of carbonyl (C=O) groups is 1. The van der Waals surface area contributed by atoms with Crippen molar-refractivity contribution in [3.05, 3.63) is 53.7 Å². The molecule has 3 heterocycles. The fourth-order valence-corrected chi connectivity index (χ4v) is 3.33. The van der Waals surface area contributed by atoms with Crippen LogP contribution in [-0.4, -0.2) is 38.1 Å². The summed E-state index contributed by atoms with van der Waals surface area (Å²) in [6.45, 7) is 0.768. The zero-order chi connectivity index (χ0) is 17.8. The van der Waals surface area contributed by atoms with Crippen LogP contribution >= 0.6 is 0 Å². The second-order valence-electron chi connectivity index (χ2n) is 6.45. The van der Waals surface area contributed by atoms with Gasteiger partial charge in [0.25, 0.3) is 0 Å². The molecule has 1 aliphatic heterocycles. The van der Waals surface area contributed by atoms with Gasteiger partial charge in [0.1, 0.15) is 5.69 Å². The summed E-state index contributed by atoms with van der Waals surface area (Å²) >= 11 is 0. The van der Waals surface area contributed by atoms with Crippen LogP contribution in [-0.2, 0) is 17.6 Å². The standard InChI is InChI=1S/C19H20N6O/c26-18(12-14-9-10-16(20-13-14)19-21-23-24-22-19)25-11-5-1-2-6-15-7-3-4-8-17(15)25/h3-4,7-10,13H,1-2,5-6,11-12H2,(H,21,22,23,24). The van der Waals surface area contributed by atoms with E-state index in [-0.39, 0.29) is 5.91 Å². The normalized spacial score (nSPS) is 14.4. The maximum Gasteiger partial charge on any atom is 0.231 e. The molecule has 0 aliphatic carbocycles. The van der Waals surface area contributed by atoms with Crippen molar-refractivity contribution in [2.24, 2.45) is 0 Å². The Morgan fingerprint density at radius 3 is 2.85 bits per heavy atom. The molecule has 0 radical (unpaired) electrons. The van der Waals surface area contributed by atoms with Gasteiger partial charge in [-0.2, -0.15) is 5.21 Å². The van der Waals surface area contributed by atoms with Gasteiger partial charge in [-0.05, 0) is 47.7 Å². The summed E-state index contributed by atoms with van der Waals surface area (Å²) < 4.78 is 0. The number of tetrazole rings is 1. The first-order valence-corrected chi connectivity index (χ1v) is 8.88. The average Bonchev–Trinajstić information content (AvgIpc) is 3.18. The van der Waals surface area contributed by atoms with Gasteiger partial charge in [-0.3, -0.25) is 9.78 Å². The summed E-state index contributed by atoms with van der Waals surface area (Å²) in [6.07, 6.45) is 6.43. The van der Waals surface area contributed by atoms with E-state index >= 15 is 0 Å². The molecule has 0 bridgehead atoms. The number of aromatic amines is 1. The number of hydrogen-bond donors (Lipinski definition) is 1. The maximum absolute atomic E-state index is 13.0. The monoisotopic (exact) mass is 348 g/mol. The number of amides is 1. The molecule has 0 saturated carbocycles. The first kappa shape index (κ1) is 16.4. The molecule has 0 fully saturated rings. The van der Waals surface area contributed by atoms with Crippen molar-refractivity contribution in [3.63, 3.8) is 0 Å². The van der Waals surface area contributed by atoms with Gasteiger partial charge in [-0.1, -0.05) is 30.7 Å². The summed E-state index contributed by atoms with van der Waals surface area (Å²) in [4.78, 5) is 19.2. The molecular formula is C19H20N6O. The zero-order valence-corrected chi connectivity index (χ0v) is 14.4. The predicted octanol–water partition coefficient (Wildman–Crippen LogP) is 2.56. The van der Waals surface area contributed by atoms with Crippen molar-refractivity contribution >= 4 is 11.6 Å². The van der Waals surface area contributed by atoms with Crippen molar-refractivity contribution < 1.29 is 4.79 Å². The number of nitrogens with zero attached hydrogens (tertiary/aromatic N) is 5. The number of anilines is 1. The number of pyridine rings is 1. The summed E-state index contributed by atoms with van der Waals surface area (Å²) in [7, 11) is 0. The molecule has 0 saturated heterocycles. The van der Waals surface area contributed by atoms with Gasteiger partial charge in [0.2, 0.25) is 11.7 Å². The van der Waals surface area contributed by atoms with E-state index in [1.165, 1.54) is 12.0 Å². The first-order valence-electron chi connectivity index (χ1n) is 8.88. The third-order valence-electron chi connectivity index (χ3n) is 4.67. The Morgan fingerprint density at radius 2 is 2.04 bits per heavy atom. The van der Waals surface area contributed by atoms with Crippen molar-refractivity contribution in [2.45, 2.75) is 32.1 Å². The van der Waals surface area contributed by atoms with Gasteiger partial charge in [0.15, 0.2) is 0 Å². The number of carbonyl (C=O) groups excluding carboxylic acids is 1. The van der Waals surface area contributed by atoms with Crippen LogP contribution < -0.4 is 4.90 Å². The molecule has 1 amide bonds. The maximum atomic E-state index is 13.0. The quantitative estimate of drug-likeness (QED) is 0.786. The minimum atomic E-state index is 0.105. The van der Waals surface area contributed by atoms with E-state index in [1.54, 1.807) is 6.20 Å². The number of aromatic nitrogens is 5. The minimum Gasteiger partial charge on any atom is -0.312 e. The number of benzene rings is 1. The molecule has 132 valence electrons. The minimum absolute atomic E-state index is 0.105. The Morgan fingerprint density at radius 1 is 1.12 bits per heavy atom. The van der Waals surface area contributed by atoms with Crippen LogP contribution in [0, 0.1) is 0 Å². The largest absolute Gasteiger partial charge is 0.312 e. The van der Waals surface area contributed by atoms with Crippen LogP contribution in [0.4, 0.5) is 5.69 Å². The summed E-state index contributed by atoms with van der Waals surface area (Å²) in [5.41, 5.74) is 3.81. The van der Waals surface area contributed by atoms with Crippen molar-refractivity contribution in [3.8, 4) is 11.5 Å². The Hall–Kier alpha value is -3.09. The molecule has 3 aromatic rings. The summed E-state index contributed by atoms with van der Waals surface area (Å²) in [6, 6.07) is 11.9. The van der Waals surface area contributed by atoms with Gasteiger partial charge in [-0.25, -0.2) is 0 Å². The molecule has 7 nitrogen and oxygen atoms in total. The van der Waals surface area contributed by atoms with E-state index in [0.717, 1.165) is 37.1 Å². The van der Waals surface area contributed by atoms with Crippen LogP contribution in [0.5, 0.6) is 0 Å². The molecule has 7 heteroatoms. The number of aryl methyl sites for hydroxylation is 1. The molecule has 26 heavy (non-hydrogen) atoms. The van der Waals surface area contributed by atoms with Crippen LogP contribution in [0.3, 0.4) is 0 Å². The van der Waals surface area contributed by atoms with Gasteiger partial charge >= 0.3 is 0 Å². The number of hydrogen-bond acceptors (Lipinski definition) is 5. The second-order valence-corrected chi connectivity index (χ2v) is 6.45. The molecule has 0 atom stereocenters. The molecule has 0 spiro atoms. The number of rotatable bonds is 3. The fourth-order valence-electron chi connectivity index (χ4n) is 3.33. The molecular weight excluding hydrogens is 328 g/mol. The van der Waals surface area contributed by atoms with Crippen molar-refractivity contribution in [2.75, 3.05) is 11.4 Å². The van der Waals surface area contributed by atoms with Crippen LogP contribution in [0.15, 0.2) is 42.6 Å². The smallest absolute Gasteiger partial charge is 0.231 e. The SMILES string of the molecule is O=C(Cc1ccc(-c2nn[nH]n2)nc1)N1CCCCCc2ccccc21.